The van der Waals surface area contributed by atoms with Gasteiger partial charge in [-0.3, -0.25) is 12.2 Å². The molecule has 0 saturated heterocycles. The number of aryl methyl sites for hydroxylation is 1. The topological polar surface area (TPSA) is 0 Å². The van der Waals surface area contributed by atoms with Gasteiger partial charge in [0.2, 0.25) is 0 Å². The van der Waals surface area contributed by atoms with Gasteiger partial charge in [-0.2, -0.15) is 12.2 Å². The Balaban J connectivity index is -0.000000333. The molecule has 0 nitrogen and oxygen atoms in total. The van der Waals surface area contributed by atoms with Crippen LogP contribution < -0.4 is 5.19 Å². The molecule has 0 aliphatic heterocycles. The van der Waals surface area contributed by atoms with Gasteiger partial charge in [0.1, 0.15) is 0 Å². The van der Waals surface area contributed by atoms with Crippen LogP contribution in [0.15, 0.2) is 59.0 Å². The van der Waals surface area contributed by atoms with Crippen molar-refractivity contribution >= 4 is 56.4 Å². The fraction of sp³-hybridized carbons (Fsp3) is 0.391. The van der Waals surface area contributed by atoms with Gasteiger partial charge in [0, 0.05) is 25.8 Å². The summed E-state index contributed by atoms with van der Waals surface area (Å²) in [6, 6.07) is 8.14. The number of hydrogen-bond donors (Lipinski definition) is 0. The summed E-state index contributed by atoms with van der Waals surface area (Å²) in [6.45, 7) is 16.3. The second kappa shape index (κ2) is 16.0. The van der Waals surface area contributed by atoms with Crippen molar-refractivity contribution in [3.63, 3.8) is 0 Å². The van der Waals surface area contributed by atoms with Crippen molar-refractivity contribution in [1.82, 2.24) is 0 Å². The fourth-order valence-electron chi connectivity index (χ4n) is 2.41. The zero-order valence-corrected chi connectivity index (χ0v) is 27.1. The molecule has 0 unspecified atom stereocenters. The maximum absolute atomic E-state index is 3.44. The van der Waals surface area contributed by atoms with Gasteiger partial charge in [0.05, 0.1) is 10.2 Å². The van der Waals surface area contributed by atoms with Crippen LogP contribution in [-0.2, 0) is 25.8 Å². The smallest absolute Gasteiger partial charge is 0.0715 e. The van der Waals surface area contributed by atoms with Crippen molar-refractivity contribution in [2.45, 2.75) is 59.0 Å². The quantitative estimate of drug-likeness (QED) is 0.247. The van der Waals surface area contributed by atoms with E-state index in [-0.39, 0.29) is 50.7 Å². The van der Waals surface area contributed by atoms with Crippen molar-refractivity contribution in [1.29, 1.82) is 0 Å². The summed E-state index contributed by atoms with van der Waals surface area (Å²) in [5, 5.41) is 4.29. The van der Waals surface area contributed by atoms with Crippen LogP contribution in [0.4, 0.5) is 0 Å². The van der Waals surface area contributed by atoms with Crippen molar-refractivity contribution < 1.29 is 25.8 Å². The molecular weight excluding hydrogens is 610 g/mol. The summed E-state index contributed by atoms with van der Waals surface area (Å²) < 4.78 is 0. The van der Waals surface area contributed by atoms with Crippen molar-refractivity contribution in [3.8, 4) is 0 Å². The minimum Gasteiger partial charge on any atom is -0.273 e. The zero-order chi connectivity index (χ0) is 19.8. The molecule has 2 aliphatic carbocycles. The number of hydrogen-bond acceptors (Lipinski definition) is 0. The molecule has 29 heavy (non-hydrogen) atoms. The van der Waals surface area contributed by atoms with Crippen molar-refractivity contribution in [3.05, 3.63) is 76.7 Å². The molecule has 159 valence electrons. The van der Waals surface area contributed by atoms with E-state index in [2.05, 4.69) is 99.0 Å². The number of halogens is 2. The van der Waals surface area contributed by atoms with Crippen LogP contribution in [0.1, 0.15) is 18.4 Å². The molecule has 6 heteroatoms. The Bertz CT molecular complexity index is 649. The van der Waals surface area contributed by atoms with Crippen LogP contribution >= 0.6 is 24.8 Å². The van der Waals surface area contributed by atoms with E-state index in [4.69, 9.17) is 0 Å². The molecule has 0 saturated carbocycles. The van der Waals surface area contributed by atoms with Crippen LogP contribution in [0.3, 0.4) is 0 Å². The molecule has 2 aliphatic rings. The SMILES string of the molecule is C[Si](C)(C)C1=CC[C-]=C1.C[Si](C)(C)C1=CC[C-]=C1.Cc1ccccc1[Si].Cl.Cl.[Hf]. The second-order valence-corrected chi connectivity index (χ2v) is 19.4. The van der Waals surface area contributed by atoms with Crippen LogP contribution in [0.25, 0.3) is 0 Å². The van der Waals surface area contributed by atoms with Gasteiger partial charge < -0.3 is 0 Å². The average Bonchev–Trinajstić information content (AvgIpc) is 3.24. The van der Waals surface area contributed by atoms with E-state index in [0.29, 0.717) is 0 Å². The maximum Gasteiger partial charge on any atom is 0.0715 e. The third kappa shape index (κ3) is 14.1. The largest absolute Gasteiger partial charge is 0.273 e. The number of rotatable bonds is 2. The van der Waals surface area contributed by atoms with Crippen LogP contribution in [-0.4, -0.2) is 26.4 Å². The van der Waals surface area contributed by atoms with Gasteiger partial charge in [-0.15, -0.1) is 37.7 Å². The normalized spacial score (nSPS) is 13.9. The van der Waals surface area contributed by atoms with E-state index in [1.54, 1.807) is 10.4 Å². The van der Waals surface area contributed by atoms with Crippen LogP contribution in [0, 0.1) is 19.1 Å². The third-order valence-electron chi connectivity index (χ3n) is 4.27. The Morgan fingerprint density at radius 2 is 1.14 bits per heavy atom. The van der Waals surface area contributed by atoms with Crippen molar-refractivity contribution in [2.75, 3.05) is 0 Å². The Labute approximate surface area is 216 Å². The summed E-state index contributed by atoms with van der Waals surface area (Å²) in [7, 11) is 1.48. The van der Waals surface area contributed by atoms with Gasteiger partial charge in [-0.1, -0.05) is 74.3 Å². The number of benzene rings is 1. The minimum absolute atomic E-state index is 0. The Morgan fingerprint density at radius 1 is 0.759 bits per heavy atom. The summed E-state index contributed by atoms with van der Waals surface area (Å²) >= 11 is 0. The molecule has 0 spiro atoms. The zero-order valence-electron chi connectivity index (χ0n) is 18.8. The first-order valence-electron chi connectivity index (χ1n) is 9.33. The molecule has 0 atom stereocenters. The van der Waals surface area contributed by atoms with Crippen molar-refractivity contribution in [2.24, 2.45) is 0 Å². The van der Waals surface area contributed by atoms with Crippen LogP contribution in [0.2, 0.25) is 39.3 Å². The molecule has 3 radical (unpaired) electrons. The molecule has 0 heterocycles. The molecule has 3 rings (SSSR count). The second-order valence-electron chi connectivity index (χ2n) is 8.74. The molecule has 0 amide bonds. The molecule has 0 fully saturated rings. The van der Waals surface area contributed by atoms with E-state index < -0.39 is 16.1 Å². The summed E-state index contributed by atoms with van der Waals surface area (Å²) in [4.78, 5) is 0. The standard InChI is InChI=1S/2C8H13Si.C7H7Si.2ClH.Hf/c2*1-9(2,3)8-6-4-5-7-8;1-6-4-2-3-5-7(6)8;;;/h2*6-7H,4H2,1-3H3;2-5H,1H3;2*1H;/q2*-1;;;;. The summed E-state index contributed by atoms with van der Waals surface area (Å²) in [5.41, 5.74) is 1.28. The molecular formula is C23H35Cl2HfSi3-2. The molecule has 1 aromatic carbocycles. The summed E-state index contributed by atoms with van der Waals surface area (Å²) in [5.74, 6) is 0. The predicted octanol–water partition coefficient (Wildman–Crippen LogP) is 6.74. The van der Waals surface area contributed by atoms with Gasteiger partial charge in [0.25, 0.3) is 0 Å². The Hall–Kier alpha value is 0.281. The monoisotopic (exact) mass is 645 g/mol. The first-order valence-corrected chi connectivity index (χ1v) is 16.8. The molecule has 0 N–H and O–H groups in total. The number of allylic oxidation sites excluding steroid dienone is 8. The van der Waals surface area contributed by atoms with E-state index in [9.17, 15) is 0 Å². The van der Waals surface area contributed by atoms with E-state index in [1.807, 2.05) is 18.2 Å². The Kier molecular flexibility index (Phi) is 18.7. The first kappa shape index (κ1) is 33.9. The minimum atomic E-state index is -0.981. The van der Waals surface area contributed by atoms with Gasteiger partial charge in [-0.25, -0.2) is 22.5 Å². The maximum atomic E-state index is 3.44. The molecule has 0 aromatic heterocycles. The Morgan fingerprint density at radius 3 is 1.31 bits per heavy atom. The predicted molar refractivity (Wildman–Crippen MR) is 139 cm³/mol. The van der Waals surface area contributed by atoms with Gasteiger partial charge >= 0.3 is 0 Å². The van der Waals surface area contributed by atoms with Gasteiger partial charge in [0.15, 0.2) is 0 Å². The summed E-state index contributed by atoms with van der Waals surface area (Å²) in [6.07, 6.45) is 17.4. The molecule has 1 aromatic rings. The fourth-order valence-corrected chi connectivity index (χ4v) is 5.09. The third-order valence-corrected chi connectivity index (χ3v) is 8.99. The average molecular weight is 645 g/mol. The molecule has 0 bridgehead atoms. The van der Waals surface area contributed by atoms with Gasteiger partial charge in [-0.05, 0) is 23.1 Å². The van der Waals surface area contributed by atoms with E-state index >= 15 is 0 Å². The van der Waals surface area contributed by atoms with E-state index in [1.165, 1.54) is 10.8 Å². The van der Waals surface area contributed by atoms with E-state index in [0.717, 1.165) is 12.8 Å². The van der Waals surface area contributed by atoms with Crippen LogP contribution in [0.5, 0.6) is 0 Å². The first-order chi connectivity index (χ1) is 12.0.